The predicted octanol–water partition coefficient (Wildman–Crippen LogP) is 2.37. The number of aryl methyl sites for hydroxylation is 1. The molecule has 0 spiro atoms. The number of rotatable bonds is 2. The Bertz CT molecular complexity index is 327. The van der Waals surface area contributed by atoms with E-state index in [0.717, 1.165) is 31.0 Å². The second kappa shape index (κ2) is 4.62. The molecule has 0 bridgehead atoms. The van der Waals surface area contributed by atoms with E-state index in [0.29, 0.717) is 12.1 Å². The van der Waals surface area contributed by atoms with Crippen LogP contribution in [0.3, 0.4) is 0 Å². The first-order chi connectivity index (χ1) is 7.24. The summed E-state index contributed by atoms with van der Waals surface area (Å²) in [6.07, 6.45) is 2.50. The van der Waals surface area contributed by atoms with Crippen LogP contribution in [-0.4, -0.2) is 23.7 Å². The van der Waals surface area contributed by atoms with Crippen LogP contribution < -0.4 is 5.32 Å². The van der Waals surface area contributed by atoms with Gasteiger partial charge in [0.05, 0.1) is 6.10 Å². The molecule has 82 valence electrons. The summed E-state index contributed by atoms with van der Waals surface area (Å²) in [5, 5.41) is 3.46. The molecule has 3 heteroatoms. The summed E-state index contributed by atoms with van der Waals surface area (Å²) in [4.78, 5) is 4.44. The Kier molecular flexibility index (Phi) is 3.21. The van der Waals surface area contributed by atoms with Crippen molar-refractivity contribution in [1.82, 2.24) is 4.98 Å². The number of ether oxygens (including phenoxy) is 1. The zero-order chi connectivity index (χ0) is 10.7. The zero-order valence-corrected chi connectivity index (χ0v) is 9.36. The van der Waals surface area contributed by atoms with Crippen LogP contribution in [0.1, 0.15) is 25.5 Å². The van der Waals surface area contributed by atoms with Crippen LogP contribution in [0.2, 0.25) is 0 Å². The fourth-order valence-corrected chi connectivity index (χ4v) is 1.96. The van der Waals surface area contributed by atoms with Crippen LogP contribution in [0, 0.1) is 6.92 Å². The van der Waals surface area contributed by atoms with Crippen molar-refractivity contribution in [2.75, 3.05) is 11.9 Å². The van der Waals surface area contributed by atoms with Gasteiger partial charge in [0, 0.05) is 18.3 Å². The van der Waals surface area contributed by atoms with Crippen molar-refractivity contribution in [3.05, 3.63) is 23.9 Å². The van der Waals surface area contributed by atoms with E-state index in [1.54, 1.807) is 0 Å². The summed E-state index contributed by atoms with van der Waals surface area (Å²) in [5.41, 5.74) is 1.06. The monoisotopic (exact) mass is 206 g/mol. The van der Waals surface area contributed by atoms with Crippen molar-refractivity contribution in [1.29, 1.82) is 0 Å². The lowest BCUT2D eigenvalue weighted by Crippen LogP contribution is -2.32. The Hall–Kier alpha value is -1.09. The van der Waals surface area contributed by atoms with Crippen LogP contribution in [-0.2, 0) is 4.74 Å². The Morgan fingerprint density at radius 1 is 1.47 bits per heavy atom. The lowest BCUT2D eigenvalue weighted by molar-refractivity contribution is 0.0232. The molecule has 3 nitrogen and oxygen atoms in total. The van der Waals surface area contributed by atoms with Gasteiger partial charge in [0.2, 0.25) is 0 Å². The van der Waals surface area contributed by atoms with Gasteiger partial charge in [0.15, 0.2) is 0 Å². The average Bonchev–Trinajstić information content (AvgIpc) is 2.17. The standard InChI is InChI=1S/C12H18N2O/c1-9-4-3-5-12(13-9)14-11-6-7-15-10(2)8-11/h3-5,10-11H,6-8H2,1-2H3,(H,13,14). The summed E-state index contributed by atoms with van der Waals surface area (Å²) < 4.78 is 5.51. The number of aromatic nitrogens is 1. The van der Waals surface area contributed by atoms with Gasteiger partial charge in [-0.3, -0.25) is 0 Å². The van der Waals surface area contributed by atoms with E-state index < -0.39 is 0 Å². The molecule has 1 aliphatic heterocycles. The van der Waals surface area contributed by atoms with E-state index in [1.807, 2.05) is 25.1 Å². The molecular weight excluding hydrogens is 188 g/mol. The lowest BCUT2D eigenvalue weighted by atomic mass is 10.0. The maximum Gasteiger partial charge on any atom is 0.126 e. The first kappa shape index (κ1) is 10.4. The van der Waals surface area contributed by atoms with Crippen LogP contribution in [0.5, 0.6) is 0 Å². The molecule has 2 rings (SSSR count). The number of anilines is 1. The maximum absolute atomic E-state index is 5.51. The first-order valence-corrected chi connectivity index (χ1v) is 5.56. The van der Waals surface area contributed by atoms with Gasteiger partial charge in [0.25, 0.3) is 0 Å². The van der Waals surface area contributed by atoms with Gasteiger partial charge in [-0.05, 0) is 38.8 Å². The van der Waals surface area contributed by atoms with E-state index in [4.69, 9.17) is 4.74 Å². The van der Waals surface area contributed by atoms with E-state index in [2.05, 4.69) is 17.2 Å². The van der Waals surface area contributed by atoms with Crippen LogP contribution >= 0.6 is 0 Å². The van der Waals surface area contributed by atoms with E-state index in [9.17, 15) is 0 Å². The highest BCUT2D eigenvalue weighted by molar-refractivity contribution is 5.36. The second-order valence-electron chi connectivity index (χ2n) is 4.21. The van der Waals surface area contributed by atoms with Crippen molar-refractivity contribution in [2.24, 2.45) is 0 Å². The van der Waals surface area contributed by atoms with Crippen LogP contribution in [0.25, 0.3) is 0 Å². The number of pyridine rings is 1. The van der Waals surface area contributed by atoms with E-state index in [1.165, 1.54) is 0 Å². The molecular formula is C12H18N2O. The van der Waals surface area contributed by atoms with E-state index in [-0.39, 0.29) is 0 Å². The fourth-order valence-electron chi connectivity index (χ4n) is 1.96. The quantitative estimate of drug-likeness (QED) is 0.806. The van der Waals surface area contributed by atoms with Gasteiger partial charge >= 0.3 is 0 Å². The zero-order valence-electron chi connectivity index (χ0n) is 9.36. The Balaban J connectivity index is 1.96. The third-order valence-corrected chi connectivity index (χ3v) is 2.73. The Labute approximate surface area is 90.9 Å². The molecule has 0 aliphatic carbocycles. The minimum atomic E-state index is 0.362. The molecule has 1 N–H and O–H groups in total. The highest BCUT2D eigenvalue weighted by Crippen LogP contribution is 2.17. The fraction of sp³-hybridized carbons (Fsp3) is 0.583. The smallest absolute Gasteiger partial charge is 0.126 e. The summed E-state index contributed by atoms with van der Waals surface area (Å²) in [5.74, 6) is 0.981. The molecule has 0 aromatic carbocycles. The number of hydrogen-bond acceptors (Lipinski definition) is 3. The Morgan fingerprint density at radius 3 is 3.07 bits per heavy atom. The van der Waals surface area contributed by atoms with Crippen molar-refractivity contribution >= 4 is 5.82 Å². The third kappa shape index (κ3) is 2.93. The van der Waals surface area contributed by atoms with E-state index >= 15 is 0 Å². The highest BCUT2D eigenvalue weighted by Gasteiger charge is 2.19. The minimum absolute atomic E-state index is 0.362. The summed E-state index contributed by atoms with van der Waals surface area (Å²) in [6.45, 7) is 4.99. The second-order valence-corrected chi connectivity index (χ2v) is 4.21. The molecule has 1 aliphatic rings. The van der Waals surface area contributed by atoms with Crippen LogP contribution in [0.15, 0.2) is 18.2 Å². The minimum Gasteiger partial charge on any atom is -0.378 e. The summed E-state index contributed by atoms with van der Waals surface area (Å²) in [7, 11) is 0. The van der Waals surface area contributed by atoms with Gasteiger partial charge < -0.3 is 10.1 Å². The molecule has 0 amide bonds. The maximum atomic E-state index is 5.51. The Morgan fingerprint density at radius 2 is 2.33 bits per heavy atom. The molecule has 0 saturated carbocycles. The molecule has 2 heterocycles. The highest BCUT2D eigenvalue weighted by atomic mass is 16.5. The van der Waals surface area contributed by atoms with Gasteiger partial charge in [-0.25, -0.2) is 4.98 Å². The molecule has 2 atom stereocenters. The molecule has 1 fully saturated rings. The molecule has 1 aromatic heterocycles. The van der Waals surface area contributed by atoms with Gasteiger partial charge in [-0.2, -0.15) is 0 Å². The average molecular weight is 206 g/mol. The molecule has 0 radical (unpaired) electrons. The lowest BCUT2D eigenvalue weighted by Gasteiger charge is -2.28. The normalized spacial score (nSPS) is 26.3. The van der Waals surface area contributed by atoms with Gasteiger partial charge in [-0.1, -0.05) is 6.07 Å². The molecule has 1 saturated heterocycles. The van der Waals surface area contributed by atoms with Crippen molar-refractivity contribution < 1.29 is 4.74 Å². The summed E-state index contributed by atoms with van der Waals surface area (Å²) >= 11 is 0. The third-order valence-electron chi connectivity index (χ3n) is 2.73. The predicted molar refractivity (Wildman–Crippen MR) is 61.0 cm³/mol. The van der Waals surface area contributed by atoms with Gasteiger partial charge in [-0.15, -0.1) is 0 Å². The van der Waals surface area contributed by atoms with Crippen molar-refractivity contribution in [2.45, 2.75) is 38.8 Å². The number of nitrogens with zero attached hydrogens (tertiary/aromatic N) is 1. The topological polar surface area (TPSA) is 34.1 Å². The van der Waals surface area contributed by atoms with Crippen molar-refractivity contribution in [3.8, 4) is 0 Å². The van der Waals surface area contributed by atoms with Crippen LogP contribution in [0.4, 0.5) is 5.82 Å². The van der Waals surface area contributed by atoms with Crippen molar-refractivity contribution in [3.63, 3.8) is 0 Å². The number of nitrogens with one attached hydrogen (secondary N) is 1. The molecule has 1 aromatic rings. The molecule has 15 heavy (non-hydrogen) atoms. The van der Waals surface area contributed by atoms with Gasteiger partial charge in [0.1, 0.15) is 5.82 Å². The largest absolute Gasteiger partial charge is 0.378 e. The number of hydrogen-bond donors (Lipinski definition) is 1. The SMILES string of the molecule is Cc1cccc(NC2CCOC(C)C2)n1. The first-order valence-electron chi connectivity index (χ1n) is 5.56. The molecule has 2 unspecified atom stereocenters. The summed E-state index contributed by atoms with van der Waals surface area (Å²) in [6, 6.07) is 6.57.